The second kappa shape index (κ2) is 8.27. The van der Waals surface area contributed by atoms with E-state index < -0.39 is 0 Å². The van der Waals surface area contributed by atoms with Crippen molar-refractivity contribution < 1.29 is 9.59 Å². The summed E-state index contributed by atoms with van der Waals surface area (Å²) in [5.74, 6) is 0.877. The number of carbonyl (C=O) groups excluding carboxylic acids is 2. The maximum absolute atomic E-state index is 12.7. The average Bonchev–Trinajstić information content (AvgIpc) is 3.59. The topological polar surface area (TPSA) is 52.7 Å². The molecule has 29 heavy (non-hydrogen) atoms. The Morgan fingerprint density at radius 3 is 2.21 bits per heavy atom. The Balaban J connectivity index is 1.37. The summed E-state index contributed by atoms with van der Waals surface area (Å²) < 4.78 is 0. The molecule has 0 bridgehead atoms. The highest BCUT2D eigenvalue weighted by molar-refractivity contribution is 6.04. The Hall–Kier alpha value is -2.82. The van der Waals surface area contributed by atoms with Gasteiger partial charge in [0, 0.05) is 49.0 Å². The SMILES string of the molecule is CC(C)c1ccccc1NC(=O)c1ccc(N2CCN(C(=O)C3CC3)CC2)cc1. The molecule has 0 unspecified atom stereocenters. The van der Waals surface area contributed by atoms with E-state index in [0.717, 1.165) is 56.0 Å². The maximum Gasteiger partial charge on any atom is 0.255 e. The number of anilines is 2. The summed E-state index contributed by atoms with van der Waals surface area (Å²) in [7, 11) is 0. The van der Waals surface area contributed by atoms with Crippen molar-refractivity contribution in [3.05, 3.63) is 59.7 Å². The van der Waals surface area contributed by atoms with Gasteiger partial charge in [-0.3, -0.25) is 9.59 Å². The number of carbonyl (C=O) groups is 2. The summed E-state index contributed by atoms with van der Waals surface area (Å²) in [6, 6.07) is 15.7. The number of nitrogens with zero attached hydrogens (tertiary/aromatic N) is 2. The van der Waals surface area contributed by atoms with Crippen molar-refractivity contribution >= 4 is 23.2 Å². The first-order chi connectivity index (χ1) is 14.0. The fourth-order valence-electron chi connectivity index (χ4n) is 3.91. The number of benzene rings is 2. The molecule has 5 heteroatoms. The molecule has 2 aliphatic rings. The van der Waals surface area contributed by atoms with Crippen LogP contribution in [0.1, 0.15) is 48.5 Å². The zero-order valence-electron chi connectivity index (χ0n) is 17.2. The molecule has 0 atom stereocenters. The molecule has 2 fully saturated rings. The maximum atomic E-state index is 12.7. The smallest absolute Gasteiger partial charge is 0.255 e. The van der Waals surface area contributed by atoms with E-state index >= 15 is 0 Å². The van der Waals surface area contributed by atoms with Gasteiger partial charge in [-0.05, 0) is 54.7 Å². The second-order valence-corrected chi connectivity index (χ2v) is 8.33. The number of nitrogens with one attached hydrogen (secondary N) is 1. The molecule has 1 aliphatic carbocycles. The van der Waals surface area contributed by atoms with Gasteiger partial charge in [-0.1, -0.05) is 32.0 Å². The lowest BCUT2D eigenvalue weighted by molar-refractivity contribution is -0.132. The van der Waals surface area contributed by atoms with Crippen molar-refractivity contribution in [2.75, 3.05) is 36.4 Å². The normalized spacial score (nSPS) is 16.8. The monoisotopic (exact) mass is 391 g/mol. The molecule has 5 nitrogen and oxygen atoms in total. The van der Waals surface area contributed by atoms with Crippen LogP contribution in [-0.2, 0) is 4.79 Å². The third kappa shape index (κ3) is 4.44. The van der Waals surface area contributed by atoms with Crippen LogP contribution in [0.4, 0.5) is 11.4 Å². The minimum Gasteiger partial charge on any atom is -0.368 e. The van der Waals surface area contributed by atoms with Gasteiger partial charge in [0.25, 0.3) is 5.91 Å². The van der Waals surface area contributed by atoms with Crippen molar-refractivity contribution in [3.63, 3.8) is 0 Å². The van der Waals surface area contributed by atoms with E-state index in [2.05, 4.69) is 30.1 Å². The summed E-state index contributed by atoms with van der Waals surface area (Å²) in [4.78, 5) is 29.2. The van der Waals surface area contributed by atoms with Crippen molar-refractivity contribution in [1.29, 1.82) is 0 Å². The number of amides is 2. The van der Waals surface area contributed by atoms with E-state index in [1.54, 1.807) is 0 Å². The predicted octanol–water partition coefficient (Wildman–Crippen LogP) is 4.12. The summed E-state index contributed by atoms with van der Waals surface area (Å²) in [6.45, 7) is 7.49. The molecule has 1 aliphatic heterocycles. The van der Waals surface area contributed by atoms with Crippen molar-refractivity contribution in [2.45, 2.75) is 32.6 Å². The summed E-state index contributed by atoms with van der Waals surface area (Å²) in [5, 5.41) is 3.05. The van der Waals surface area contributed by atoms with Gasteiger partial charge in [-0.15, -0.1) is 0 Å². The fourth-order valence-corrected chi connectivity index (χ4v) is 3.91. The zero-order chi connectivity index (χ0) is 20.4. The van der Waals surface area contributed by atoms with Gasteiger partial charge in [0.05, 0.1) is 0 Å². The molecule has 1 saturated heterocycles. The molecule has 1 saturated carbocycles. The quantitative estimate of drug-likeness (QED) is 0.834. The molecule has 1 N–H and O–H groups in total. The molecular formula is C24H29N3O2. The molecule has 152 valence electrons. The molecular weight excluding hydrogens is 362 g/mol. The van der Waals surface area contributed by atoms with Gasteiger partial charge in [-0.25, -0.2) is 0 Å². The first kappa shape index (κ1) is 19.5. The van der Waals surface area contributed by atoms with Gasteiger partial charge in [0.2, 0.25) is 5.91 Å². The third-order valence-electron chi connectivity index (χ3n) is 5.84. The highest BCUT2D eigenvalue weighted by atomic mass is 16.2. The van der Waals surface area contributed by atoms with Crippen molar-refractivity contribution in [3.8, 4) is 0 Å². The molecule has 0 radical (unpaired) electrons. The van der Waals surface area contributed by atoms with Gasteiger partial charge in [0.1, 0.15) is 0 Å². The second-order valence-electron chi connectivity index (χ2n) is 8.33. The molecule has 0 spiro atoms. The van der Waals surface area contributed by atoms with E-state index in [-0.39, 0.29) is 5.91 Å². The van der Waals surface area contributed by atoms with E-state index in [4.69, 9.17) is 0 Å². The van der Waals surface area contributed by atoms with E-state index in [1.165, 1.54) is 0 Å². The lowest BCUT2D eigenvalue weighted by Crippen LogP contribution is -2.49. The minimum atomic E-state index is -0.0931. The van der Waals surface area contributed by atoms with Crippen LogP contribution in [0.5, 0.6) is 0 Å². The predicted molar refractivity (Wildman–Crippen MR) is 116 cm³/mol. The molecule has 2 aromatic rings. The van der Waals surface area contributed by atoms with Crippen LogP contribution in [0.2, 0.25) is 0 Å². The van der Waals surface area contributed by atoms with Crippen molar-refractivity contribution in [1.82, 2.24) is 4.90 Å². The first-order valence-electron chi connectivity index (χ1n) is 10.6. The van der Waals surface area contributed by atoms with Gasteiger partial charge in [0.15, 0.2) is 0 Å². The lowest BCUT2D eigenvalue weighted by atomic mass is 10.0. The molecule has 2 aromatic carbocycles. The Labute approximate surface area is 172 Å². The Morgan fingerprint density at radius 2 is 1.59 bits per heavy atom. The van der Waals surface area contributed by atoms with Crippen LogP contribution in [0.15, 0.2) is 48.5 Å². The summed E-state index contributed by atoms with van der Waals surface area (Å²) in [5.41, 5.74) is 3.75. The molecule has 0 aromatic heterocycles. The van der Waals surface area contributed by atoms with Crippen LogP contribution in [0, 0.1) is 5.92 Å². The van der Waals surface area contributed by atoms with Crippen LogP contribution in [0.3, 0.4) is 0 Å². The average molecular weight is 392 g/mol. The molecule has 1 heterocycles. The van der Waals surface area contributed by atoms with Crippen molar-refractivity contribution in [2.24, 2.45) is 5.92 Å². The number of rotatable bonds is 5. The number of para-hydroxylation sites is 1. The van der Waals surface area contributed by atoms with Crippen LogP contribution < -0.4 is 10.2 Å². The van der Waals surface area contributed by atoms with Gasteiger partial charge in [-0.2, -0.15) is 0 Å². The van der Waals surface area contributed by atoms with Crippen LogP contribution >= 0.6 is 0 Å². The Morgan fingerprint density at radius 1 is 0.931 bits per heavy atom. The molecule has 2 amide bonds. The third-order valence-corrected chi connectivity index (χ3v) is 5.84. The van der Waals surface area contributed by atoms with Crippen LogP contribution in [0.25, 0.3) is 0 Å². The number of hydrogen-bond donors (Lipinski definition) is 1. The summed E-state index contributed by atoms with van der Waals surface area (Å²) in [6.07, 6.45) is 2.12. The highest BCUT2D eigenvalue weighted by Gasteiger charge is 2.34. The summed E-state index contributed by atoms with van der Waals surface area (Å²) >= 11 is 0. The largest absolute Gasteiger partial charge is 0.368 e. The van der Waals surface area contributed by atoms with E-state index in [9.17, 15) is 9.59 Å². The standard InChI is InChI=1S/C24H29N3O2/c1-17(2)21-5-3-4-6-22(21)25-23(28)18-9-11-20(12-10-18)26-13-15-27(16-14-26)24(29)19-7-8-19/h3-6,9-12,17,19H,7-8,13-16H2,1-2H3,(H,25,28). The van der Waals surface area contributed by atoms with Gasteiger partial charge < -0.3 is 15.1 Å². The van der Waals surface area contributed by atoms with E-state index in [0.29, 0.717) is 23.3 Å². The number of hydrogen-bond acceptors (Lipinski definition) is 3. The Kier molecular flexibility index (Phi) is 5.56. The first-order valence-corrected chi connectivity index (χ1v) is 10.6. The zero-order valence-corrected chi connectivity index (χ0v) is 17.2. The Bertz CT molecular complexity index is 879. The van der Waals surface area contributed by atoms with Crippen LogP contribution in [-0.4, -0.2) is 42.9 Å². The van der Waals surface area contributed by atoms with Gasteiger partial charge >= 0.3 is 0 Å². The fraction of sp³-hybridized carbons (Fsp3) is 0.417. The molecule has 4 rings (SSSR count). The number of piperazine rings is 1. The highest BCUT2D eigenvalue weighted by Crippen LogP contribution is 2.31. The van der Waals surface area contributed by atoms with E-state index in [1.807, 2.05) is 47.4 Å². The minimum absolute atomic E-state index is 0.0931. The lowest BCUT2D eigenvalue weighted by Gasteiger charge is -2.36.